The number of nitrogens with one attached hydrogen (secondary N) is 1. The third-order valence-electron chi connectivity index (χ3n) is 7.21. The van der Waals surface area contributed by atoms with Crippen LogP contribution in [0.1, 0.15) is 41.0 Å². The van der Waals surface area contributed by atoms with E-state index in [0.29, 0.717) is 13.1 Å². The molecule has 0 fully saturated rings. The Kier molecular flexibility index (Phi) is 6.53. The van der Waals surface area contributed by atoms with Crippen LogP contribution in [-0.4, -0.2) is 31.8 Å². The van der Waals surface area contributed by atoms with E-state index in [9.17, 15) is 4.79 Å². The molecule has 1 aliphatic rings. The largest absolute Gasteiger partial charge is 0.338 e. The topological polar surface area (TPSA) is 55.1 Å². The molecule has 3 aromatic carbocycles. The van der Waals surface area contributed by atoms with Crippen molar-refractivity contribution in [1.82, 2.24) is 24.6 Å². The Morgan fingerprint density at radius 1 is 0.895 bits per heavy atom. The number of nitrogens with zero attached hydrogens (tertiary/aromatic N) is 4. The molecule has 38 heavy (non-hydrogen) atoms. The van der Waals surface area contributed by atoms with E-state index in [-0.39, 0.29) is 12.1 Å². The molecule has 190 valence electrons. The highest BCUT2D eigenvalue weighted by Gasteiger charge is 2.36. The number of aryl methyl sites for hydroxylation is 1. The van der Waals surface area contributed by atoms with Crippen LogP contribution in [0.2, 0.25) is 0 Å². The number of urea groups is 1. The van der Waals surface area contributed by atoms with Gasteiger partial charge in [-0.15, -0.1) is 0 Å². The summed E-state index contributed by atoms with van der Waals surface area (Å²) < 4.78 is 4.24. The van der Waals surface area contributed by atoms with Crippen LogP contribution < -0.4 is 5.32 Å². The fourth-order valence-corrected chi connectivity index (χ4v) is 5.39. The van der Waals surface area contributed by atoms with Crippen molar-refractivity contribution in [3.8, 4) is 11.5 Å². The maximum atomic E-state index is 13.9. The van der Waals surface area contributed by atoms with Crippen molar-refractivity contribution in [2.45, 2.75) is 32.4 Å². The van der Waals surface area contributed by atoms with Gasteiger partial charge in [0, 0.05) is 18.3 Å². The summed E-state index contributed by atoms with van der Waals surface area (Å²) in [6.45, 7) is 3.15. The lowest BCUT2D eigenvalue weighted by atomic mass is 10.0. The highest BCUT2D eigenvalue weighted by molar-refractivity contribution is 5.76. The van der Waals surface area contributed by atoms with E-state index in [4.69, 9.17) is 5.10 Å². The highest BCUT2D eigenvalue weighted by Crippen LogP contribution is 2.38. The van der Waals surface area contributed by atoms with Gasteiger partial charge in [-0.3, -0.25) is 0 Å². The highest BCUT2D eigenvalue weighted by atomic mass is 16.2. The molecule has 0 saturated heterocycles. The van der Waals surface area contributed by atoms with Crippen molar-refractivity contribution >= 4 is 6.03 Å². The summed E-state index contributed by atoms with van der Waals surface area (Å²) >= 11 is 0. The summed E-state index contributed by atoms with van der Waals surface area (Å²) in [5.74, 6) is 0.994. The number of carbonyl (C=O) groups excluding carboxylic acids is 1. The Bertz CT molecular complexity index is 1520. The fourth-order valence-electron chi connectivity index (χ4n) is 5.39. The average Bonchev–Trinajstić information content (AvgIpc) is 3.55. The van der Waals surface area contributed by atoms with Crippen LogP contribution in [0, 0.1) is 0 Å². The molecule has 1 aliphatic heterocycles. The molecule has 6 heteroatoms. The van der Waals surface area contributed by atoms with Crippen molar-refractivity contribution in [2.24, 2.45) is 0 Å². The van der Waals surface area contributed by atoms with E-state index in [1.807, 2.05) is 64.2 Å². The minimum atomic E-state index is -0.246. The second kappa shape index (κ2) is 10.4. The van der Waals surface area contributed by atoms with Crippen molar-refractivity contribution in [3.05, 3.63) is 137 Å². The third-order valence-corrected chi connectivity index (χ3v) is 7.21. The van der Waals surface area contributed by atoms with Crippen LogP contribution in [0.5, 0.6) is 0 Å². The van der Waals surface area contributed by atoms with Crippen molar-refractivity contribution in [1.29, 1.82) is 0 Å². The van der Waals surface area contributed by atoms with Gasteiger partial charge in [-0.05, 0) is 48.2 Å². The summed E-state index contributed by atoms with van der Waals surface area (Å²) in [7, 11) is 0. The molecule has 3 heterocycles. The molecular weight excluding hydrogens is 470 g/mol. The van der Waals surface area contributed by atoms with Gasteiger partial charge in [0.25, 0.3) is 0 Å². The SMILES string of the molecule is CCc1nn(-c2ccccc2)c2c1CN(C(=O)NCCc1ccccc1)C(c1ccccc1)c1cccn1-2. The van der Waals surface area contributed by atoms with Crippen LogP contribution in [0.4, 0.5) is 4.79 Å². The Balaban J connectivity index is 1.44. The Morgan fingerprint density at radius 2 is 1.58 bits per heavy atom. The maximum Gasteiger partial charge on any atom is 0.318 e. The van der Waals surface area contributed by atoms with Crippen LogP contribution in [0.3, 0.4) is 0 Å². The number of carbonyl (C=O) groups is 1. The lowest BCUT2D eigenvalue weighted by molar-refractivity contribution is 0.180. The van der Waals surface area contributed by atoms with E-state index in [2.05, 4.69) is 71.5 Å². The first kappa shape index (κ1) is 23.8. The first-order chi connectivity index (χ1) is 18.7. The van der Waals surface area contributed by atoms with E-state index >= 15 is 0 Å². The van der Waals surface area contributed by atoms with Crippen LogP contribution in [0.25, 0.3) is 11.5 Å². The third kappa shape index (κ3) is 4.39. The Hall–Kier alpha value is -4.58. The number of fused-ring (bicyclic) bond motifs is 3. The van der Waals surface area contributed by atoms with Gasteiger partial charge >= 0.3 is 6.03 Å². The monoisotopic (exact) mass is 501 g/mol. The second-order valence-corrected chi connectivity index (χ2v) is 9.56. The number of amides is 2. The summed E-state index contributed by atoms with van der Waals surface area (Å²) in [5.41, 5.74) is 6.39. The maximum absolute atomic E-state index is 13.9. The van der Waals surface area contributed by atoms with E-state index in [0.717, 1.165) is 46.9 Å². The lowest BCUT2D eigenvalue weighted by Crippen LogP contribution is -2.42. The fraction of sp³-hybridized carbons (Fsp3) is 0.188. The molecule has 2 amide bonds. The molecule has 5 aromatic rings. The molecule has 0 radical (unpaired) electrons. The van der Waals surface area contributed by atoms with Crippen molar-refractivity contribution < 1.29 is 4.79 Å². The molecule has 0 saturated carbocycles. The summed E-state index contributed by atoms with van der Waals surface area (Å²) in [4.78, 5) is 15.9. The van der Waals surface area contributed by atoms with Gasteiger partial charge in [0.05, 0.1) is 29.7 Å². The van der Waals surface area contributed by atoms with E-state index < -0.39 is 0 Å². The second-order valence-electron chi connectivity index (χ2n) is 9.56. The first-order valence-corrected chi connectivity index (χ1v) is 13.2. The molecule has 6 rings (SSSR count). The summed E-state index contributed by atoms with van der Waals surface area (Å²) in [5, 5.41) is 8.24. The Morgan fingerprint density at radius 3 is 2.29 bits per heavy atom. The number of para-hydroxylation sites is 1. The molecule has 6 nitrogen and oxygen atoms in total. The lowest BCUT2D eigenvalue weighted by Gasteiger charge is -2.31. The summed E-state index contributed by atoms with van der Waals surface area (Å²) in [6.07, 6.45) is 3.64. The quantitative estimate of drug-likeness (QED) is 0.306. The molecule has 0 spiro atoms. The van der Waals surface area contributed by atoms with Gasteiger partial charge in [0.15, 0.2) is 0 Å². The van der Waals surface area contributed by atoms with Crippen LogP contribution in [0.15, 0.2) is 109 Å². The van der Waals surface area contributed by atoms with Gasteiger partial charge in [0.2, 0.25) is 0 Å². The predicted molar refractivity (Wildman–Crippen MR) is 150 cm³/mol. The number of rotatable bonds is 6. The van der Waals surface area contributed by atoms with Crippen molar-refractivity contribution in [3.63, 3.8) is 0 Å². The molecule has 1 atom stereocenters. The van der Waals surface area contributed by atoms with Gasteiger partial charge in [-0.25, -0.2) is 9.48 Å². The molecule has 1 unspecified atom stereocenters. The normalized spacial score (nSPS) is 14.4. The first-order valence-electron chi connectivity index (χ1n) is 13.2. The standard InChI is InChI=1S/C32H31N5O/c1-2-28-27-23-36(32(38)33-21-20-24-13-6-3-7-14-24)30(25-15-8-4-9-16-25)29-19-12-22-35(29)31(27)37(34-28)26-17-10-5-11-18-26/h3-19,22,30H,2,20-21,23H2,1H3,(H,33,38). The zero-order valence-electron chi connectivity index (χ0n) is 21.5. The summed E-state index contributed by atoms with van der Waals surface area (Å²) in [6, 6.07) is 34.6. The van der Waals surface area contributed by atoms with Gasteiger partial charge < -0.3 is 14.8 Å². The number of hydrogen-bond donors (Lipinski definition) is 1. The van der Waals surface area contributed by atoms with Crippen LogP contribution in [-0.2, 0) is 19.4 Å². The molecule has 1 N–H and O–H groups in total. The van der Waals surface area contributed by atoms with E-state index in [1.165, 1.54) is 5.56 Å². The van der Waals surface area contributed by atoms with Gasteiger partial charge in [0.1, 0.15) is 5.82 Å². The number of benzene rings is 3. The molecule has 2 aromatic heterocycles. The van der Waals surface area contributed by atoms with Crippen LogP contribution >= 0.6 is 0 Å². The smallest absolute Gasteiger partial charge is 0.318 e. The minimum absolute atomic E-state index is 0.0788. The molecule has 0 bridgehead atoms. The number of aromatic nitrogens is 3. The Labute approximate surface area is 223 Å². The average molecular weight is 502 g/mol. The van der Waals surface area contributed by atoms with E-state index in [1.54, 1.807) is 0 Å². The zero-order chi connectivity index (χ0) is 25.9. The molecular formula is C32H31N5O. The molecule has 0 aliphatic carbocycles. The minimum Gasteiger partial charge on any atom is -0.338 e. The predicted octanol–water partition coefficient (Wildman–Crippen LogP) is 6.08. The van der Waals surface area contributed by atoms with Gasteiger partial charge in [-0.1, -0.05) is 85.8 Å². The van der Waals surface area contributed by atoms with Crippen molar-refractivity contribution in [2.75, 3.05) is 6.54 Å². The zero-order valence-corrected chi connectivity index (χ0v) is 21.5. The van der Waals surface area contributed by atoms with Gasteiger partial charge in [-0.2, -0.15) is 5.10 Å². The number of hydrogen-bond acceptors (Lipinski definition) is 2.